The highest BCUT2D eigenvalue weighted by atomic mass is 16.5. The van der Waals surface area contributed by atoms with Gasteiger partial charge in [0.2, 0.25) is 0 Å². The summed E-state index contributed by atoms with van der Waals surface area (Å²) >= 11 is 0. The maximum Gasteiger partial charge on any atom is 0.167 e. The van der Waals surface area contributed by atoms with Crippen molar-refractivity contribution in [3.63, 3.8) is 0 Å². The zero-order valence-electron chi connectivity index (χ0n) is 31.5. The van der Waals surface area contributed by atoms with Gasteiger partial charge in [-0.05, 0) is 76.4 Å². The van der Waals surface area contributed by atoms with E-state index in [-0.39, 0.29) is 17.2 Å². The number of aromatic nitrogens is 3. The van der Waals surface area contributed by atoms with Crippen LogP contribution in [0.25, 0.3) is 34.2 Å². The van der Waals surface area contributed by atoms with Gasteiger partial charge in [-0.3, -0.25) is 0 Å². The second-order valence-corrected chi connectivity index (χ2v) is 13.3. The van der Waals surface area contributed by atoms with Gasteiger partial charge in [0, 0.05) is 16.7 Å². The SMILES string of the molecule is CCCCCCOc1c(-c2nc(-c3ccc(O)c(C)c3OCCCCCC)nc(-c3ccc(O)c(C)c3OCCCCCC)n2)ccc(O)c1C. The van der Waals surface area contributed by atoms with Crippen LogP contribution in [0.4, 0.5) is 0 Å². The van der Waals surface area contributed by atoms with Crippen LogP contribution in [0.5, 0.6) is 34.5 Å². The molecular weight excluding hydrogens is 642 g/mol. The zero-order valence-corrected chi connectivity index (χ0v) is 31.5. The molecule has 3 aromatic carbocycles. The number of rotatable bonds is 21. The molecule has 0 spiro atoms. The largest absolute Gasteiger partial charge is 0.508 e. The van der Waals surface area contributed by atoms with E-state index in [4.69, 9.17) is 29.2 Å². The third kappa shape index (κ3) is 10.3. The molecule has 276 valence electrons. The molecule has 0 unspecified atom stereocenters. The molecule has 0 saturated heterocycles. The molecule has 9 heteroatoms. The highest BCUT2D eigenvalue weighted by molar-refractivity contribution is 5.77. The van der Waals surface area contributed by atoms with Crippen LogP contribution in [0.15, 0.2) is 36.4 Å². The normalized spacial score (nSPS) is 11.2. The summed E-state index contributed by atoms with van der Waals surface area (Å²) in [6, 6.07) is 10.2. The molecular formula is C42H57N3O6. The number of phenols is 3. The fourth-order valence-corrected chi connectivity index (χ4v) is 5.98. The first-order valence-electron chi connectivity index (χ1n) is 18.8. The number of hydrogen-bond acceptors (Lipinski definition) is 9. The van der Waals surface area contributed by atoms with Crippen molar-refractivity contribution >= 4 is 0 Å². The van der Waals surface area contributed by atoms with Crippen molar-refractivity contribution in [2.24, 2.45) is 0 Å². The third-order valence-corrected chi connectivity index (χ3v) is 9.22. The summed E-state index contributed by atoms with van der Waals surface area (Å²) in [6.45, 7) is 13.5. The van der Waals surface area contributed by atoms with Crippen LogP contribution in [0, 0.1) is 20.8 Å². The molecule has 0 aliphatic rings. The van der Waals surface area contributed by atoms with E-state index in [9.17, 15) is 15.3 Å². The third-order valence-electron chi connectivity index (χ3n) is 9.22. The number of hydrogen-bond donors (Lipinski definition) is 3. The van der Waals surface area contributed by atoms with Crippen molar-refractivity contribution in [1.82, 2.24) is 15.0 Å². The monoisotopic (exact) mass is 699 g/mol. The van der Waals surface area contributed by atoms with E-state index in [1.165, 1.54) is 0 Å². The lowest BCUT2D eigenvalue weighted by atomic mass is 10.0. The van der Waals surface area contributed by atoms with Crippen LogP contribution in [-0.2, 0) is 0 Å². The van der Waals surface area contributed by atoms with Gasteiger partial charge in [-0.1, -0.05) is 78.6 Å². The summed E-state index contributed by atoms with van der Waals surface area (Å²) in [5.74, 6) is 2.95. The molecule has 0 amide bonds. The van der Waals surface area contributed by atoms with Gasteiger partial charge in [-0.2, -0.15) is 0 Å². The van der Waals surface area contributed by atoms with Crippen LogP contribution < -0.4 is 14.2 Å². The second kappa shape index (κ2) is 19.8. The van der Waals surface area contributed by atoms with Gasteiger partial charge >= 0.3 is 0 Å². The summed E-state index contributed by atoms with van der Waals surface area (Å²) in [7, 11) is 0. The molecule has 0 aliphatic heterocycles. The summed E-state index contributed by atoms with van der Waals surface area (Å²) < 4.78 is 19.1. The van der Waals surface area contributed by atoms with E-state index in [1.54, 1.807) is 36.4 Å². The predicted molar refractivity (Wildman–Crippen MR) is 204 cm³/mol. The smallest absolute Gasteiger partial charge is 0.167 e. The highest BCUT2D eigenvalue weighted by Gasteiger charge is 2.24. The van der Waals surface area contributed by atoms with Gasteiger partial charge in [0.1, 0.15) is 34.5 Å². The first kappa shape index (κ1) is 39.3. The lowest BCUT2D eigenvalue weighted by molar-refractivity contribution is 0.302. The van der Waals surface area contributed by atoms with Crippen molar-refractivity contribution in [2.45, 2.75) is 119 Å². The number of ether oxygens (including phenoxy) is 3. The molecule has 0 bridgehead atoms. The summed E-state index contributed by atoms with van der Waals surface area (Å²) in [4.78, 5) is 15.0. The summed E-state index contributed by atoms with van der Waals surface area (Å²) in [5.41, 5.74) is 3.63. The Morgan fingerprint density at radius 2 is 0.686 bits per heavy atom. The molecule has 0 fully saturated rings. The Balaban J connectivity index is 1.91. The lowest BCUT2D eigenvalue weighted by Crippen LogP contribution is -2.07. The van der Waals surface area contributed by atoms with Crippen LogP contribution >= 0.6 is 0 Å². The lowest BCUT2D eigenvalue weighted by Gasteiger charge is -2.19. The van der Waals surface area contributed by atoms with Crippen molar-refractivity contribution < 1.29 is 29.5 Å². The highest BCUT2D eigenvalue weighted by Crippen LogP contribution is 2.42. The zero-order chi connectivity index (χ0) is 36.8. The van der Waals surface area contributed by atoms with Gasteiger partial charge in [0.15, 0.2) is 17.5 Å². The number of aromatic hydroxyl groups is 3. The Morgan fingerprint density at radius 3 is 0.941 bits per heavy atom. The van der Waals surface area contributed by atoms with Crippen LogP contribution in [0.2, 0.25) is 0 Å². The molecule has 0 atom stereocenters. The molecule has 0 aliphatic carbocycles. The average molecular weight is 700 g/mol. The van der Waals surface area contributed by atoms with Gasteiger partial charge < -0.3 is 29.5 Å². The average Bonchev–Trinajstić information content (AvgIpc) is 3.13. The van der Waals surface area contributed by atoms with E-state index in [1.807, 2.05) is 20.8 Å². The first-order valence-corrected chi connectivity index (χ1v) is 18.8. The summed E-state index contributed by atoms with van der Waals surface area (Å²) in [6.07, 6.45) is 12.5. The van der Waals surface area contributed by atoms with Gasteiger partial charge in [-0.25, -0.2) is 15.0 Å². The van der Waals surface area contributed by atoms with E-state index in [2.05, 4.69) is 20.8 Å². The van der Waals surface area contributed by atoms with E-state index >= 15 is 0 Å². The van der Waals surface area contributed by atoms with Gasteiger partial charge in [0.25, 0.3) is 0 Å². The van der Waals surface area contributed by atoms with Crippen molar-refractivity contribution in [2.75, 3.05) is 19.8 Å². The Bertz CT molecular complexity index is 1510. The maximum atomic E-state index is 10.7. The van der Waals surface area contributed by atoms with E-state index < -0.39 is 0 Å². The number of phenolic OH excluding ortho intramolecular Hbond substituents is 3. The standard InChI is InChI=1S/C42H57N3O6/c1-7-10-13-16-25-49-37-28(4)34(46)22-19-31(37)40-43-41(32-20-23-35(47)29(5)38(32)50-26-17-14-11-8-2)45-42(44-40)33-21-24-36(48)30(6)39(33)51-27-18-15-12-9-3/h19-24,46-48H,7-18,25-27H2,1-6H3. The Morgan fingerprint density at radius 1 is 0.412 bits per heavy atom. The van der Waals surface area contributed by atoms with Crippen LogP contribution in [0.1, 0.15) is 115 Å². The fraction of sp³-hybridized carbons (Fsp3) is 0.500. The minimum Gasteiger partial charge on any atom is -0.508 e. The molecule has 9 nitrogen and oxygen atoms in total. The second-order valence-electron chi connectivity index (χ2n) is 13.3. The van der Waals surface area contributed by atoms with E-state index in [0.717, 1.165) is 77.0 Å². The molecule has 4 aromatic rings. The van der Waals surface area contributed by atoms with Gasteiger partial charge in [0.05, 0.1) is 36.5 Å². The van der Waals surface area contributed by atoms with Crippen molar-refractivity contribution in [1.29, 1.82) is 0 Å². The number of unbranched alkanes of at least 4 members (excludes halogenated alkanes) is 9. The fourth-order valence-electron chi connectivity index (χ4n) is 5.98. The van der Waals surface area contributed by atoms with Crippen LogP contribution in [0.3, 0.4) is 0 Å². The summed E-state index contributed by atoms with van der Waals surface area (Å²) in [5, 5.41) is 32.2. The molecule has 4 rings (SSSR count). The van der Waals surface area contributed by atoms with Crippen LogP contribution in [-0.4, -0.2) is 50.1 Å². The number of nitrogens with zero attached hydrogens (tertiary/aromatic N) is 3. The predicted octanol–water partition coefficient (Wildman–Crippen LogP) is 10.8. The quantitative estimate of drug-likeness (QED) is 0.0728. The minimum absolute atomic E-state index is 0.123. The Hall–Kier alpha value is -4.53. The Labute approximate surface area is 304 Å². The Kier molecular flexibility index (Phi) is 15.2. The molecule has 3 N–H and O–H groups in total. The van der Waals surface area contributed by atoms with Crippen molar-refractivity contribution in [3.05, 3.63) is 53.1 Å². The minimum atomic E-state index is 0.123. The van der Waals surface area contributed by atoms with Crippen molar-refractivity contribution in [3.8, 4) is 68.7 Å². The van der Waals surface area contributed by atoms with E-state index in [0.29, 0.717) is 87.9 Å². The molecule has 0 saturated carbocycles. The number of benzene rings is 3. The molecule has 1 heterocycles. The first-order chi connectivity index (χ1) is 24.7. The molecule has 1 aromatic heterocycles. The molecule has 0 radical (unpaired) electrons. The topological polar surface area (TPSA) is 127 Å². The maximum absolute atomic E-state index is 10.7. The molecule has 51 heavy (non-hydrogen) atoms. The van der Waals surface area contributed by atoms with Gasteiger partial charge in [-0.15, -0.1) is 0 Å².